The molecule has 0 N–H and O–H groups in total. The Hall–Kier alpha value is -3.74. The highest BCUT2D eigenvalue weighted by Crippen LogP contribution is 2.28. The number of para-hydroxylation sites is 1. The van der Waals surface area contributed by atoms with Crippen molar-refractivity contribution in [1.29, 1.82) is 0 Å². The van der Waals surface area contributed by atoms with Gasteiger partial charge in [-0.15, -0.1) is 5.10 Å². The summed E-state index contributed by atoms with van der Waals surface area (Å²) in [6.07, 6.45) is 4.03. The fourth-order valence-corrected chi connectivity index (χ4v) is 3.04. The molecule has 0 aliphatic heterocycles. The Morgan fingerprint density at radius 1 is 1.07 bits per heavy atom. The van der Waals surface area contributed by atoms with Crippen LogP contribution in [0, 0.1) is 0 Å². The van der Waals surface area contributed by atoms with E-state index in [9.17, 15) is 4.79 Å². The third kappa shape index (κ3) is 4.15. The van der Waals surface area contributed by atoms with Crippen molar-refractivity contribution in [2.24, 2.45) is 0 Å². The van der Waals surface area contributed by atoms with Crippen LogP contribution in [0.5, 0.6) is 17.5 Å². The molecule has 0 fully saturated rings. The molecule has 0 aliphatic carbocycles. The van der Waals surface area contributed by atoms with E-state index < -0.39 is 0 Å². The minimum atomic E-state index is 0.0778. The number of fused-ring (bicyclic) bond motifs is 1. The maximum absolute atomic E-state index is 12.6. The first-order valence-corrected chi connectivity index (χ1v) is 9.86. The number of methoxy groups -OCH3 is 1. The highest BCUT2D eigenvalue weighted by Gasteiger charge is 2.17. The van der Waals surface area contributed by atoms with Crippen molar-refractivity contribution in [3.05, 3.63) is 66.4 Å². The van der Waals surface area contributed by atoms with E-state index in [0.717, 1.165) is 12.8 Å². The average molecular weight is 402 g/mol. The molecule has 0 saturated carbocycles. The minimum absolute atomic E-state index is 0.0778. The van der Waals surface area contributed by atoms with Gasteiger partial charge in [0.15, 0.2) is 5.78 Å². The van der Waals surface area contributed by atoms with Crippen LogP contribution in [0.3, 0.4) is 0 Å². The number of ether oxygens (including phenoxy) is 2. The number of carbonyl (C=O) groups excluding carboxylic acids is 1. The molecule has 4 aromatic rings. The van der Waals surface area contributed by atoms with Crippen molar-refractivity contribution >= 4 is 11.3 Å². The lowest BCUT2D eigenvalue weighted by Gasteiger charge is -2.09. The summed E-state index contributed by atoms with van der Waals surface area (Å²) in [5, 5.41) is 4.56. The number of hydrogen-bond acceptors (Lipinski definition) is 6. The highest BCUT2D eigenvalue weighted by atomic mass is 16.5. The summed E-state index contributed by atoms with van der Waals surface area (Å²) < 4.78 is 12.9. The second-order valence-corrected chi connectivity index (χ2v) is 6.81. The monoisotopic (exact) mass is 402 g/mol. The normalized spacial score (nSPS) is 10.9. The number of rotatable bonds is 8. The van der Waals surface area contributed by atoms with Crippen LogP contribution in [0.1, 0.15) is 36.5 Å². The van der Waals surface area contributed by atoms with Crippen molar-refractivity contribution in [2.75, 3.05) is 7.11 Å². The summed E-state index contributed by atoms with van der Waals surface area (Å²) in [7, 11) is 1.56. The van der Waals surface area contributed by atoms with Gasteiger partial charge in [-0.05, 0) is 30.7 Å². The smallest absolute Gasteiger partial charge is 0.247 e. The molecule has 0 bridgehead atoms. The molecule has 30 heavy (non-hydrogen) atoms. The van der Waals surface area contributed by atoms with E-state index in [0.29, 0.717) is 46.5 Å². The molecule has 7 nitrogen and oxygen atoms in total. The van der Waals surface area contributed by atoms with E-state index in [4.69, 9.17) is 9.47 Å². The molecule has 0 saturated heterocycles. The molecule has 0 radical (unpaired) electrons. The lowest BCUT2D eigenvalue weighted by molar-refractivity contribution is 0.0980. The number of pyridine rings is 1. The summed E-state index contributed by atoms with van der Waals surface area (Å²) >= 11 is 0. The molecule has 4 rings (SSSR count). The Bertz CT molecular complexity index is 1170. The Kier molecular flexibility index (Phi) is 5.70. The van der Waals surface area contributed by atoms with Crippen LogP contribution in [0.4, 0.5) is 0 Å². The van der Waals surface area contributed by atoms with E-state index in [1.54, 1.807) is 36.0 Å². The highest BCUT2D eigenvalue weighted by molar-refractivity contribution is 5.97. The van der Waals surface area contributed by atoms with Crippen LogP contribution in [-0.4, -0.2) is 32.5 Å². The molecule has 0 atom stereocenters. The van der Waals surface area contributed by atoms with E-state index in [2.05, 4.69) is 22.0 Å². The quantitative estimate of drug-likeness (QED) is 0.387. The predicted molar refractivity (Wildman–Crippen MR) is 113 cm³/mol. The lowest BCUT2D eigenvalue weighted by atomic mass is 10.1. The van der Waals surface area contributed by atoms with E-state index >= 15 is 0 Å². The van der Waals surface area contributed by atoms with Crippen LogP contribution in [0.2, 0.25) is 0 Å². The van der Waals surface area contributed by atoms with Gasteiger partial charge >= 0.3 is 0 Å². The molecule has 0 spiro atoms. The zero-order valence-corrected chi connectivity index (χ0v) is 16.9. The first kappa shape index (κ1) is 19.6. The molecular weight excluding hydrogens is 380 g/mol. The minimum Gasteiger partial charge on any atom is -0.481 e. The zero-order chi connectivity index (χ0) is 20.9. The number of unbranched alkanes of at least 4 members (excludes halogenated alkanes) is 1. The number of hydrogen-bond donors (Lipinski definition) is 0. The van der Waals surface area contributed by atoms with Gasteiger partial charge in [-0.1, -0.05) is 37.6 Å². The molecular formula is C23H22N4O3. The fraction of sp³-hybridized carbons (Fsp3) is 0.217. The number of aromatic nitrogens is 4. The number of benzene rings is 1. The van der Waals surface area contributed by atoms with Gasteiger partial charge in [0.2, 0.25) is 17.6 Å². The number of ketones is 1. The largest absolute Gasteiger partial charge is 0.481 e. The molecule has 0 amide bonds. The predicted octanol–water partition coefficient (Wildman–Crippen LogP) is 4.97. The van der Waals surface area contributed by atoms with E-state index in [-0.39, 0.29) is 5.78 Å². The first-order valence-electron chi connectivity index (χ1n) is 9.86. The van der Waals surface area contributed by atoms with Gasteiger partial charge in [-0.25, -0.2) is 9.50 Å². The van der Waals surface area contributed by atoms with Crippen molar-refractivity contribution in [2.45, 2.75) is 26.2 Å². The topological polar surface area (TPSA) is 78.6 Å². The van der Waals surface area contributed by atoms with Crippen LogP contribution in [-0.2, 0) is 0 Å². The number of Topliss-reactive ketones (excluding diaryl/α,β-unsaturated/α-hetero) is 1. The van der Waals surface area contributed by atoms with Crippen LogP contribution >= 0.6 is 0 Å². The van der Waals surface area contributed by atoms with Gasteiger partial charge in [-0.3, -0.25) is 4.79 Å². The SMILES string of the molecule is CCCCC(=O)c1cc2c(Oc3ccccc3)nc(-c3cccc(OC)n3)nn2c1. The van der Waals surface area contributed by atoms with Crippen LogP contribution in [0.25, 0.3) is 17.0 Å². The zero-order valence-electron chi connectivity index (χ0n) is 16.9. The fourth-order valence-electron chi connectivity index (χ4n) is 3.04. The Morgan fingerprint density at radius 2 is 1.90 bits per heavy atom. The summed E-state index contributed by atoms with van der Waals surface area (Å²) in [6, 6.07) is 16.5. The Morgan fingerprint density at radius 3 is 2.67 bits per heavy atom. The van der Waals surface area contributed by atoms with E-state index in [1.807, 2.05) is 36.4 Å². The third-order valence-electron chi connectivity index (χ3n) is 4.63. The summed E-state index contributed by atoms with van der Waals surface area (Å²) in [5.74, 6) is 1.90. The van der Waals surface area contributed by atoms with Crippen molar-refractivity contribution in [3.8, 4) is 29.0 Å². The molecule has 3 heterocycles. The summed E-state index contributed by atoms with van der Waals surface area (Å²) in [5.41, 5.74) is 1.75. The second kappa shape index (κ2) is 8.73. The molecule has 152 valence electrons. The lowest BCUT2D eigenvalue weighted by Crippen LogP contribution is -2.02. The Labute approximate surface area is 174 Å². The maximum Gasteiger partial charge on any atom is 0.247 e. The van der Waals surface area contributed by atoms with Crippen molar-refractivity contribution < 1.29 is 14.3 Å². The molecule has 7 heteroatoms. The second-order valence-electron chi connectivity index (χ2n) is 6.81. The molecule has 0 aliphatic rings. The van der Waals surface area contributed by atoms with E-state index in [1.165, 1.54) is 0 Å². The first-order chi connectivity index (χ1) is 14.7. The van der Waals surface area contributed by atoms with Crippen molar-refractivity contribution in [1.82, 2.24) is 19.6 Å². The maximum atomic E-state index is 12.6. The number of nitrogens with zero attached hydrogens (tertiary/aromatic N) is 4. The van der Waals surface area contributed by atoms with Gasteiger partial charge in [-0.2, -0.15) is 4.98 Å². The van der Waals surface area contributed by atoms with Crippen molar-refractivity contribution in [3.63, 3.8) is 0 Å². The third-order valence-corrected chi connectivity index (χ3v) is 4.63. The van der Waals surface area contributed by atoms with Gasteiger partial charge in [0, 0.05) is 24.2 Å². The van der Waals surface area contributed by atoms with Gasteiger partial charge < -0.3 is 9.47 Å². The van der Waals surface area contributed by atoms with Crippen LogP contribution in [0.15, 0.2) is 60.8 Å². The number of carbonyl (C=O) groups is 1. The standard InChI is InChI=1S/C23H22N4O3/c1-3-4-12-20(28)16-14-19-23(30-17-9-6-5-7-10-17)25-22(26-27(19)15-16)18-11-8-13-21(24-18)29-2/h5-11,13-15H,3-4,12H2,1-2H3. The average Bonchev–Trinajstić information content (AvgIpc) is 3.23. The summed E-state index contributed by atoms with van der Waals surface area (Å²) in [4.78, 5) is 21.6. The molecule has 1 aromatic carbocycles. The molecule has 0 unspecified atom stereocenters. The van der Waals surface area contributed by atoms with Gasteiger partial charge in [0.05, 0.1) is 7.11 Å². The Balaban J connectivity index is 1.81. The van der Waals surface area contributed by atoms with Crippen LogP contribution < -0.4 is 9.47 Å². The van der Waals surface area contributed by atoms with Gasteiger partial charge in [0.25, 0.3) is 0 Å². The van der Waals surface area contributed by atoms with Gasteiger partial charge in [0.1, 0.15) is 17.0 Å². The molecule has 3 aromatic heterocycles. The summed E-state index contributed by atoms with van der Waals surface area (Å²) in [6.45, 7) is 2.06.